The molecule has 0 atom stereocenters. The van der Waals surface area contributed by atoms with E-state index in [1.54, 1.807) is 19.3 Å². The molecular weight excluding hydrogens is 266 g/mol. The lowest BCUT2D eigenvalue weighted by Gasteiger charge is -2.20. The fourth-order valence-electron chi connectivity index (χ4n) is 2.72. The van der Waals surface area contributed by atoms with Gasteiger partial charge in [0.05, 0.1) is 17.5 Å². The van der Waals surface area contributed by atoms with Crippen molar-refractivity contribution in [2.45, 2.75) is 13.3 Å². The van der Waals surface area contributed by atoms with Crippen molar-refractivity contribution in [3.05, 3.63) is 41.8 Å². The molecule has 1 aromatic heterocycles. The number of anilines is 3. The van der Waals surface area contributed by atoms with E-state index in [0.29, 0.717) is 23.0 Å². The second-order valence-electron chi connectivity index (χ2n) is 4.82. The van der Waals surface area contributed by atoms with Crippen LogP contribution in [0.5, 0.6) is 0 Å². The van der Waals surface area contributed by atoms with Gasteiger partial charge in [0.25, 0.3) is 5.91 Å². The molecule has 1 saturated heterocycles. The summed E-state index contributed by atoms with van der Waals surface area (Å²) in [5.41, 5.74) is 3.22. The highest BCUT2D eigenvalue weighted by Crippen LogP contribution is 2.39. The van der Waals surface area contributed by atoms with Gasteiger partial charge in [-0.1, -0.05) is 18.7 Å². The molecule has 21 heavy (non-hydrogen) atoms. The van der Waals surface area contributed by atoms with Gasteiger partial charge in [-0.2, -0.15) is 4.98 Å². The molecular formula is C15H17N5O. The van der Waals surface area contributed by atoms with E-state index in [1.807, 2.05) is 13.0 Å². The fourth-order valence-corrected chi connectivity index (χ4v) is 2.72. The lowest BCUT2D eigenvalue weighted by Crippen LogP contribution is -2.19. The number of nitrogens with one attached hydrogen (secondary N) is 2. The van der Waals surface area contributed by atoms with E-state index in [1.165, 1.54) is 0 Å². The van der Waals surface area contributed by atoms with Gasteiger partial charge in [-0.25, -0.2) is 4.98 Å². The fraction of sp³-hybridized carbons (Fsp3) is 0.267. The molecule has 0 radical (unpaired) electrons. The van der Waals surface area contributed by atoms with E-state index in [2.05, 4.69) is 32.1 Å². The van der Waals surface area contributed by atoms with Crippen LogP contribution in [0.25, 0.3) is 0 Å². The lowest BCUT2D eigenvalue weighted by molar-refractivity contribution is -0.112. The van der Waals surface area contributed by atoms with Crippen LogP contribution >= 0.6 is 0 Å². The molecule has 6 heteroatoms. The molecule has 0 spiro atoms. The average Bonchev–Trinajstić information content (AvgIpc) is 2.87. The number of amides is 1. The third kappa shape index (κ3) is 1.99. The number of rotatable bonds is 2. The van der Waals surface area contributed by atoms with Crippen molar-refractivity contribution >= 4 is 23.4 Å². The van der Waals surface area contributed by atoms with Gasteiger partial charge in [0.15, 0.2) is 5.82 Å². The maximum Gasteiger partial charge on any atom is 0.257 e. The second kappa shape index (κ2) is 5.05. The molecule has 6 nitrogen and oxygen atoms in total. The third-order valence-corrected chi connectivity index (χ3v) is 3.73. The van der Waals surface area contributed by atoms with Crippen LogP contribution in [-0.4, -0.2) is 29.5 Å². The molecule has 108 valence electrons. The van der Waals surface area contributed by atoms with Gasteiger partial charge < -0.3 is 15.5 Å². The first-order valence-electron chi connectivity index (χ1n) is 6.85. The van der Waals surface area contributed by atoms with E-state index < -0.39 is 0 Å². The van der Waals surface area contributed by atoms with E-state index >= 15 is 0 Å². The van der Waals surface area contributed by atoms with Crippen molar-refractivity contribution in [2.75, 3.05) is 29.1 Å². The summed E-state index contributed by atoms with van der Waals surface area (Å²) < 4.78 is 0. The van der Waals surface area contributed by atoms with Crippen molar-refractivity contribution in [1.29, 1.82) is 0 Å². The van der Waals surface area contributed by atoms with Gasteiger partial charge in [0.1, 0.15) is 5.69 Å². The van der Waals surface area contributed by atoms with Gasteiger partial charge in [0.2, 0.25) is 5.95 Å². The van der Waals surface area contributed by atoms with Crippen molar-refractivity contribution < 1.29 is 4.79 Å². The van der Waals surface area contributed by atoms with Gasteiger partial charge in [-0.15, -0.1) is 0 Å². The number of hydrogen-bond acceptors (Lipinski definition) is 5. The maximum atomic E-state index is 12.4. The number of hydrogen-bond donors (Lipinski definition) is 2. The first-order valence-corrected chi connectivity index (χ1v) is 6.85. The molecule has 0 aromatic carbocycles. The summed E-state index contributed by atoms with van der Waals surface area (Å²) in [6.45, 7) is 6.55. The van der Waals surface area contributed by atoms with Crippen LogP contribution in [0, 0.1) is 0 Å². The number of allylic oxidation sites excluding steroid dienone is 2. The monoisotopic (exact) mass is 283 g/mol. The molecule has 2 aliphatic heterocycles. The van der Waals surface area contributed by atoms with Crippen molar-refractivity contribution in [2.24, 2.45) is 0 Å². The summed E-state index contributed by atoms with van der Waals surface area (Å²) in [5.74, 6) is 1.07. The van der Waals surface area contributed by atoms with Crippen molar-refractivity contribution in [3.63, 3.8) is 0 Å². The Morgan fingerprint density at radius 3 is 3.00 bits per heavy atom. The third-order valence-electron chi connectivity index (χ3n) is 3.73. The van der Waals surface area contributed by atoms with Crippen molar-refractivity contribution in [1.82, 2.24) is 9.97 Å². The van der Waals surface area contributed by atoms with Crippen LogP contribution in [-0.2, 0) is 4.79 Å². The van der Waals surface area contributed by atoms with E-state index in [9.17, 15) is 4.79 Å². The molecule has 1 aromatic rings. The summed E-state index contributed by atoms with van der Waals surface area (Å²) in [6, 6.07) is 0. The Hall–Kier alpha value is -2.63. The highest BCUT2D eigenvalue weighted by atomic mass is 16.1. The topological polar surface area (TPSA) is 70.2 Å². The van der Waals surface area contributed by atoms with Gasteiger partial charge in [-0.3, -0.25) is 4.79 Å². The molecule has 0 aliphatic carbocycles. The first kappa shape index (κ1) is 13.4. The van der Waals surface area contributed by atoms with Crippen molar-refractivity contribution in [3.8, 4) is 0 Å². The maximum absolute atomic E-state index is 12.4. The van der Waals surface area contributed by atoms with Crippen LogP contribution in [0.3, 0.4) is 0 Å². The molecule has 3 rings (SSSR count). The number of fused-ring (bicyclic) bond motifs is 3. The SMILES string of the molecule is C=CC1=C2/C(=C\C)CCN2c2nc(NC)ncc2NC1=O. The molecule has 2 N–H and O–H groups in total. The molecule has 0 unspecified atom stereocenters. The number of carbonyl (C=O) groups is 1. The zero-order chi connectivity index (χ0) is 15.0. The average molecular weight is 283 g/mol. The Bertz CT molecular complexity index is 689. The summed E-state index contributed by atoms with van der Waals surface area (Å²) in [4.78, 5) is 23.1. The minimum Gasteiger partial charge on any atom is -0.357 e. The van der Waals surface area contributed by atoms with Crippen LogP contribution in [0.15, 0.2) is 41.8 Å². The Kier molecular flexibility index (Phi) is 3.21. The smallest absolute Gasteiger partial charge is 0.257 e. The highest BCUT2D eigenvalue weighted by molar-refractivity contribution is 6.10. The van der Waals surface area contributed by atoms with Gasteiger partial charge >= 0.3 is 0 Å². The van der Waals surface area contributed by atoms with Gasteiger partial charge in [0, 0.05) is 13.6 Å². The number of aromatic nitrogens is 2. The summed E-state index contributed by atoms with van der Waals surface area (Å²) >= 11 is 0. The Labute approximate surface area is 123 Å². The predicted molar refractivity (Wildman–Crippen MR) is 83.2 cm³/mol. The van der Waals surface area contributed by atoms with E-state index in [0.717, 1.165) is 24.2 Å². The standard InChI is InChI=1S/C15H17N5O/c1-4-9-6-7-20-12(9)10(5-2)14(21)18-11-8-17-15(16-3)19-13(11)20/h4-5,8H,2,6-7H2,1,3H3,(H,18,21)(H,16,17,19)/b9-4-. The number of carbonyl (C=O) groups excluding carboxylic acids is 1. The van der Waals surface area contributed by atoms with Crippen LogP contribution < -0.4 is 15.5 Å². The molecule has 2 aliphatic rings. The van der Waals surface area contributed by atoms with Gasteiger partial charge in [-0.05, 0) is 18.9 Å². The van der Waals surface area contributed by atoms with Crippen LogP contribution in [0.1, 0.15) is 13.3 Å². The molecule has 1 fully saturated rings. The quantitative estimate of drug-likeness (QED) is 0.869. The molecule has 0 bridgehead atoms. The molecule has 1 amide bonds. The zero-order valence-electron chi connectivity index (χ0n) is 12.1. The Morgan fingerprint density at radius 1 is 1.52 bits per heavy atom. The highest BCUT2D eigenvalue weighted by Gasteiger charge is 2.33. The summed E-state index contributed by atoms with van der Waals surface area (Å²) in [7, 11) is 1.77. The minimum absolute atomic E-state index is 0.175. The second-order valence-corrected chi connectivity index (χ2v) is 4.82. The molecule has 3 heterocycles. The summed E-state index contributed by atoms with van der Waals surface area (Å²) in [6.07, 6.45) is 6.15. The van der Waals surface area contributed by atoms with E-state index in [-0.39, 0.29) is 5.91 Å². The van der Waals surface area contributed by atoms with Crippen LogP contribution in [0.2, 0.25) is 0 Å². The Balaban J connectivity index is 2.24. The van der Waals surface area contributed by atoms with Crippen LogP contribution in [0.4, 0.5) is 17.5 Å². The number of nitrogens with zero attached hydrogens (tertiary/aromatic N) is 3. The summed E-state index contributed by atoms with van der Waals surface area (Å²) in [5, 5.41) is 5.78. The largest absolute Gasteiger partial charge is 0.357 e. The zero-order valence-corrected chi connectivity index (χ0v) is 12.1. The Morgan fingerprint density at radius 2 is 2.33 bits per heavy atom. The predicted octanol–water partition coefficient (Wildman–Crippen LogP) is 2.07. The minimum atomic E-state index is -0.175. The lowest BCUT2D eigenvalue weighted by atomic mass is 10.1. The van der Waals surface area contributed by atoms with E-state index in [4.69, 9.17) is 0 Å². The normalized spacial score (nSPS) is 19.0. The molecule has 0 saturated carbocycles. The first-order chi connectivity index (χ1) is 10.2.